The van der Waals surface area contributed by atoms with Crippen molar-refractivity contribution >= 4 is 40.7 Å². The molecule has 0 radical (unpaired) electrons. The summed E-state index contributed by atoms with van der Waals surface area (Å²) in [7, 11) is 4.86. The van der Waals surface area contributed by atoms with E-state index in [1.165, 1.54) is 11.9 Å². The minimum absolute atomic E-state index is 0.0528. The highest BCUT2D eigenvalue weighted by Gasteiger charge is 2.11. The second-order valence-corrected chi connectivity index (χ2v) is 6.36. The summed E-state index contributed by atoms with van der Waals surface area (Å²) in [6.45, 7) is -0.0528. The minimum atomic E-state index is -0.314. The lowest BCUT2D eigenvalue weighted by molar-refractivity contribution is -0.114. The number of carbonyl (C=O) groups is 3. The number of halogens is 1. The standard InChI is InChI=1S/C19H21ClN4O3/c1-21-18(26)12-7-8-15(20)16(10-12)22-11-17(25)23-14-6-4-5-13(9-14)19(27)24(2)3/h4-10,22H,11H2,1-3H3,(H,21,26)(H,23,25). The van der Waals surface area contributed by atoms with Gasteiger partial charge in [-0.1, -0.05) is 17.7 Å². The number of hydrogen-bond acceptors (Lipinski definition) is 4. The molecule has 0 saturated carbocycles. The molecule has 142 valence electrons. The summed E-state index contributed by atoms with van der Waals surface area (Å²) in [6, 6.07) is 11.4. The summed E-state index contributed by atoms with van der Waals surface area (Å²) in [5.74, 6) is -0.713. The third kappa shape index (κ3) is 5.46. The van der Waals surface area contributed by atoms with Crippen molar-refractivity contribution in [1.29, 1.82) is 0 Å². The van der Waals surface area contributed by atoms with E-state index in [1.54, 1.807) is 56.6 Å². The first-order chi connectivity index (χ1) is 12.8. The Hall–Kier alpha value is -3.06. The molecule has 27 heavy (non-hydrogen) atoms. The van der Waals surface area contributed by atoms with Gasteiger partial charge < -0.3 is 20.9 Å². The summed E-state index contributed by atoms with van der Waals surface area (Å²) >= 11 is 6.10. The predicted molar refractivity (Wildman–Crippen MR) is 106 cm³/mol. The summed E-state index contributed by atoms with van der Waals surface area (Å²) in [6.07, 6.45) is 0. The molecular weight excluding hydrogens is 368 g/mol. The second-order valence-electron chi connectivity index (χ2n) is 5.96. The van der Waals surface area contributed by atoms with Crippen LogP contribution in [0.4, 0.5) is 11.4 Å². The molecule has 0 aromatic heterocycles. The third-order valence-electron chi connectivity index (χ3n) is 3.69. The van der Waals surface area contributed by atoms with E-state index in [1.807, 2.05) is 0 Å². The maximum absolute atomic E-state index is 12.2. The number of nitrogens with one attached hydrogen (secondary N) is 3. The van der Waals surface area contributed by atoms with Crippen LogP contribution < -0.4 is 16.0 Å². The Morgan fingerprint density at radius 3 is 2.44 bits per heavy atom. The summed E-state index contributed by atoms with van der Waals surface area (Å²) < 4.78 is 0. The molecule has 0 bridgehead atoms. The SMILES string of the molecule is CNC(=O)c1ccc(Cl)c(NCC(=O)Nc2cccc(C(=O)N(C)C)c2)c1. The molecule has 0 heterocycles. The molecule has 0 saturated heterocycles. The van der Waals surface area contributed by atoms with Crippen LogP contribution in [0.15, 0.2) is 42.5 Å². The molecule has 0 atom stereocenters. The highest BCUT2D eigenvalue weighted by atomic mass is 35.5. The normalized spacial score (nSPS) is 10.1. The van der Waals surface area contributed by atoms with Gasteiger partial charge in [-0.05, 0) is 36.4 Å². The molecule has 8 heteroatoms. The number of benzene rings is 2. The van der Waals surface area contributed by atoms with E-state index in [9.17, 15) is 14.4 Å². The Labute approximate surface area is 162 Å². The zero-order valence-electron chi connectivity index (χ0n) is 15.3. The van der Waals surface area contributed by atoms with Crippen molar-refractivity contribution in [2.45, 2.75) is 0 Å². The van der Waals surface area contributed by atoms with Gasteiger partial charge in [-0.25, -0.2) is 0 Å². The molecular formula is C19H21ClN4O3. The van der Waals surface area contributed by atoms with Crippen LogP contribution in [0, 0.1) is 0 Å². The van der Waals surface area contributed by atoms with E-state index in [0.29, 0.717) is 27.5 Å². The van der Waals surface area contributed by atoms with E-state index >= 15 is 0 Å². The van der Waals surface area contributed by atoms with Crippen LogP contribution in [0.5, 0.6) is 0 Å². The molecule has 0 aliphatic carbocycles. The molecule has 2 aromatic rings. The fourth-order valence-corrected chi connectivity index (χ4v) is 2.50. The number of carbonyl (C=O) groups excluding carboxylic acids is 3. The van der Waals surface area contributed by atoms with Gasteiger partial charge in [0.25, 0.3) is 11.8 Å². The molecule has 2 aromatic carbocycles. The minimum Gasteiger partial charge on any atom is -0.375 e. The Kier molecular flexibility index (Phi) is 6.79. The topological polar surface area (TPSA) is 90.5 Å². The molecule has 3 N–H and O–H groups in total. The van der Waals surface area contributed by atoms with E-state index in [2.05, 4.69) is 16.0 Å². The number of anilines is 2. The lowest BCUT2D eigenvalue weighted by atomic mass is 10.1. The number of amides is 3. The largest absolute Gasteiger partial charge is 0.375 e. The van der Waals surface area contributed by atoms with Crippen molar-refractivity contribution in [2.75, 3.05) is 38.3 Å². The van der Waals surface area contributed by atoms with Crippen LogP contribution in [-0.2, 0) is 4.79 Å². The van der Waals surface area contributed by atoms with Gasteiger partial charge in [0, 0.05) is 38.0 Å². The lowest BCUT2D eigenvalue weighted by Crippen LogP contribution is -2.24. The Morgan fingerprint density at radius 1 is 1.04 bits per heavy atom. The maximum atomic E-state index is 12.2. The van der Waals surface area contributed by atoms with Crippen molar-refractivity contribution in [2.24, 2.45) is 0 Å². The van der Waals surface area contributed by atoms with Gasteiger partial charge in [0.05, 0.1) is 17.3 Å². The van der Waals surface area contributed by atoms with Crippen molar-refractivity contribution in [3.8, 4) is 0 Å². The lowest BCUT2D eigenvalue weighted by Gasteiger charge is -2.13. The molecule has 0 unspecified atom stereocenters. The van der Waals surface area contributed by atoms with Crippen molar-refractivity contribution in [3.05, 3.63) is 58.6 Å². The highest BCUT2D eigenvalue weighted by molar-refractivity contribution is 6.33. The fraction of sp³-hybridized carbons (Fsp3) is 0.211. The predicted octanol–water partition coefficient (Wildman–Crippen LogP) is 2.45. The van der Waals surface area contributed by atoms with Gasteiger partial charge in [-0.2, -0.15) is 0 Å². The smallest absolute Gasteiger partial charge is 0.253 e. The summed E-state index contributed by atoms with van der Waals surface area (Å²) in [4.78, 5) is 37.4. The van der Waals surface area contributed by atoms with Gasteiger partial charge in [0.15, 0.2) is 0 Å². The van der Waals surface area contributed by atoms with Crippen LogP contribution in [0.1, 0.15) is 20.7 Å². The zero-order chi connectivity index (χ0) is 20.0. The molecule has 0 fully saturated rings. The van der Waals surface area contributed by atoms with Crippen LogP contribution in [0.25, 0.3) is 0 Å². The van der Waals surface area contributed by atoms with Crippen LogP contribution in [0.2, 0.25) is 5.02 Å². The average Bonchev–Trinajstić information content (AvgIpc) is 2.66. The number of nitrogens with zero attached hydrogens (tertiary/aromatic N) is 1. The van der Waals surface area contributed by atoms with Crippen LogP contribution in [-0.4, -0.2) is 50.3 Å². The first-order valence-electron chi connectivity index (χ1n) is 8.19. The molecule has 0 aliphatic heterocycles. The van der Waals surface area contributed by atoms with E-state index in [4.69, 9.17) is 11.6 Å². The van der Waals surface area contributed by atoms with Gasteiger partial charge in [0.2, 0.25) is 5.91 Å². The van der Waals surface area contributed by atoms with Gasteiger partial charge >= 0.3 is 0 Å². The second kappa shape index (κ2) is 9.05. The molecule has 0 spiro atoms. The highest BCUT2D eigenvalue weighted by Crippen LogP contribution is 2.23. The van der Waals surface area contributed by atoms with Crippen molar-refractivity contribution in [3.63, 3.8) is 0 Å². The monoisotopic (exact) mass is 388 g/mol. The van der Waals surface area contributed by atoms with Crippen molar-refractivity contribution in [1.82, 2.24) is 10.2 Å². The van der Waals surface area contributed by atoms with Crippen molar-refractivity contribution < 1.29 is 14.4 Å². The Balaban J connectivity index is 2.02. The van der Waals surface area contributed by atoms with E-state index in [-0.39, 0.29) is 24.3 Å². The van der Waals surface area contributed by atoms with Gasteiger partial charge in [-0.3, -0.25) is 14.4 Å². The molecule has 2 rings (SSSR count). The number of hydrogen-bond donors (Lipinski definition) is 3. The van der Waals surface area contributed by atoms with Gasteiger partial charge in [-0.15, -0.1) is 0 Å². The first kappa shape index (κ1) is 20.3. The maximum Gasteiger partial charge on any atom is 0.253 e. The van der Waals surface area contributed by atoms with Crippen LogP contribution in [0.3, 0.4) is 0 Å². The molecule has 0 aliphatic rings. The fourth-order valence-electron chi connectivity index (χ4n) is 2.32. The van der Waals surface area contributed by atoms with Crippen LogP contribution >= 0.6 is 11.6 Å². The quantitative estimate of drug-likeness (QED) is 0.709. The Morgan fingerprint density at radius 2 is 1.78 bits per heavy atom. The Bertz CT molecular complexity index is 868. The van der Waals surface area contributed by atoms with E-state index < -0.39 is 0 Å². The third-order valence-corrected chi connectivity index (χ3v) is 4.02. The summed E-state index contributed by atoms with van der Waals surface area (Å²) in [5, 5.41) is 8.55. The average molecular weight is 389 g/mol. The molecule has 3 amide bonds. The zero-order valence-corrected chi connectivity index (χ0v) is 16.1. The number of rotatable bonds is 6. The first-order valence-corrected chi connectivity index (χ1v) is 8.56. The van der Waals surface area contributed by atoms with E-state index in [0.717, 1.165) is 0 Å². The van der Waals surface area contributed by atoms with Gasteiger partial charge in [0.1, 0.15) is 0 Å². The summed E-state index contributed by atoms with van der Waals surface area (Å²) in [5.41, 5.74) is 1.90. The molecule has 7 nitrogen and oxygen atoms in total.